The average Bonchev–Trinajstić information content (AvgIpc) is 3.28. The molecule has 2 aliphatic heterocycles. The van der Waals surface area contributed by atoms with E-state index in [1.165, 1.54) is 17.4 Å². The lowest BCUT2D eigenvalue weighted by Gasteiger charge is -2.23. The first kappa shape index (κ1) is 23.5. The summed E-state index contributed by atoms with van der Waals surface area (Å²) in [6.45, 7) is 0.641. The van der Waals surface area contributed by atoms with E-state index in [1.54, 1.807) is 13.3 Å². The van der Waals surface area contributed by atoms with Gasteiger partial charge in [0.05, 0.1) is 20.1 Å². The molecule has 1 N–H and O–H groups in total. The molecule has 1 aromatic carbocycles. The number of carbonyl (C=O) groups excluding carboxylic acids is 2. The van der Waals surface area contributed by atoms with Gasteiger partial charge in [0.15, 0.2) is 12.0 Å². The third-order valence-electron chi connectivity index (χ3n) is 6.20. The maximum Gasteiger partial charge on any atom is 0.417 e. The van der Waals surface area contributed by atoms with Gasteiger partial charge in [-0.3, -0.25) is 9.78 Å². The van der Waals surface area contributed by atoms with Gasteiger partial charge in [0.2, 0.25) is 11.8 Å². The lowest BCUT2D eigenvalue weighted by Crippen LogP contribution is -2.31. The van der Waals surface area contributed by atoms with Gasteiger partial charge < -0.3 is 24.3 Å². The van der Waals surface area contributed by atoms with E-state index in [1.807, 2.05) is 36.4 Å². The Labute approximate surface area is 208 Å². The van der Waals surface area contributed by atoms with Crippen molar-refractivity contribution < 1.29 is 28.5 Å². The number of pyridine rings is 1. The number of hydrogen-bond acceptors (Lipinski definition) is 7. The summed E-state index contributed by atoms with van der Waals surface area (Å²) in [7, 11) is 1.62. The van der Waals surface area contributed by atoms with E-state index in [0.29, 0.717) is 24.5 Å². The van der Waals surface area contributed by atoms with Crippen LogP contribution in [0, 0.1) is 0 Å². The molecule has 1 saturated heterocycles. The van der Waals surface area contributed by atoms with Crippen LogP contribution in [0.25, 0.3) is 10.9 Å². The van der Waals surface area contributed by atoms with Crippen LogP contribution in [0.3, 0.4) is 0 Å². The molecule has 2 aromatic rings. The molecule has 9 heteroatoms. The highest BCUT2D eigenvalue weighted by Gasteiger charge is 2.37. The van der Waals surface area contributed by atoms with Crippen LogP contribution < -0.4 is 10.1 Å². The van der Waals surface area contributed by atoms with Crippen molar-refractivity contribution in [3.63, 3.8) is 0 Å². The van der Waals surface area contributed by atoms with Crippen LogP contribution in [0.15, 0.2) is 78.4 Å². The number of rotatable bonds is 8. The van der Waals surface area contributed by atoms with E-state index >= 15 is 0 Å². The van der Waals surface area contributed by atoms with Crippen molar-refractivity contribution in [2.45, 2.75) is 31.8 Å². The first-order chi connectivity index (χ1) is 17.6. The molecule has 9 nitrogen and oxygen atoms in total. The zero-order valence-electron chi connectivity index (χ0n) is 19.9. The Bertz CT molecular complexity index is 1300. The molecule has 0 radical (unpaired) electrons. The molecule has 1 aromatic heterocycles. The summed E-state index contributed by atoms with van der Waals surface area (Å²) in [6, 6.07) is 7.72. The number of para-hydroxylation sites is 1. The lowest BCUT2D eigenvalue weighted by atomic mass is 10.0. The minimum absolute atomic E-state index is 0.0555. The monoisotopic (exact) mass is 489 g/mol. The number of hydrogen-bond donors (Lipinski definition) is 1. The van der Waals surface area contributed by atoms with E-state index in [2.05, 4.69) is 16.4 Å². The summed E-state index contributed by atoms with van der Waals surface area (Å²) in [5, 5.41) is 3.91. The van der Waals surface area contributed by atoms with E-state index < -0.39 is 12.2 Å². The summed E-state index contributed by atoms with van der Waals surface area (Å²) in [4.78, 5) is 30.8. The zero-order valence-corrected chi connectivity index (χ0v) is 19.9. The molecule has 5 rings (SSSR count). The second-order valence-electron chi connectivity index (χ2n) is 8.58. The Kier molecular flexibility index (Phi) is 6.88. The van der Waals surface area contributed by atoms with Gasteiger partial charge in [0.1, 0.15) is 23.6 Å². The molecule has 1 aliphatic carbocycles. The molecule has 1 atom stereocenters. The Balaban J connectivity index is 1.12. The van der Waals surface area contributed by atoms with Crippen LogP contribution in [0.1, 0.15) is 24.8 Å². The molecule has 3 heterocycles. The number of carbonyl (C=O) groups is 2. The number of amides is 2. The fourth-order valence-corrected chi connectivity index (χ4v) is 4.39. The first-order valence-electron chi connectivity index (χ1n) is 11.9. The quantitative estimate of drug-likeness (QED) is 0.597. The van der Waals surface area contributed by atoms with Gasteiger partial charge in [-0.25, -0.2) is 9.69 Å². The van der Waals surface area contributed by atoms with Crippen LogP contribution in [0.2, 0.25) is 0 Å². The molecule has 186 valence electrons. The van der Waals surface area contributed by atoms with Crippen LogP contribution >= 0.6 is 0 Å². The second-order valence-corrected chi connectivity index (χ2v) is 8.58. The highest BCUT2D eigenvalue weighted by molar-refractivity contribution is 5.87. The number of ether oxygens (including phenoxy) is 4. The van der Waals surface area contributed by atoms with E-state index in [4.69, 9.17) is 18.9 Å². The van der Waals surface area contributed by atoms with E-state index in [0.717, 1.165) is 34.9 Å². The van der Waals surface area contributed by atoms with Crippen molar-refractivity contribution >= 4 is 22.9 Å². The fourth-order valence-electron chi connectivity index (χ4n) is 4.39. The van der Waals surface area contributed by atoms with Crippen molar-refractivity contribution in [3.8, 4) is 5.75 Å². The summed E-state index contributed by atoms with van der Waals surface area (Å²) in [5.41, 5.74) is 2.85. The summed E-state index contributed by atoms with van der Waals surface area (Å²) in [5.74, 6) is 1.33. The average molecular weight is 490 g/mol. The van der Waals surface area contributed by atoms with Gasteiger partial charge in [-0.1, -0.05) is 30.4 Å². The highest BCUT2D eigenvalue weighted by Crippen LogP contribution is 2.30. The highest BCUT2D eigenvalue weighted by atomic mass is 16.6. The smallest absolute Gasteiger partial charge is 0.417 e. The molecule has 0 unspecified atom stereocenters. The molecule has 36 heavy (non-hydrogen) atoms. The van der Waals surface area contributed by atoms with E-state index in [-0.39, 0.29) is 24.8 Å². The van der Waals surface area contributed by atoms with Crippen molar-refractivity contribution in [3.05, 3.63) is 84.0 Å². The number of nitrogens with one attached hydrogen (secondary N) is 1. The molecular formula is C27H27N3O6. The van der Waals surface area contributed by atoms with Crippen molar-refractivity contribution in [2.24, 2.45) is 0 Å². The van der Waals surface area contributed by atoms with Gasteiger partial charge in [0, 0.05) is 18.1 Å². The molecule has 0 saturated carbocycles. The van der Waals surface area contributed by atoms with Gasteiger partial charge in [-0.15, -0.1) is 0 Å². The predicted molar refractivity (Wildman–Crippen MR) is 131 cm³/mol. The third-order valence-corrected chi connectivity index (χ3v) is 6.20. The van der Waals surface area contributed by atoms with Crippen molar-refractivity contribution in [1.82, 2.24) is 15.2 Å². The number of allylic oxidation sites excluding steroid dienone is 4. The van der Waals surface area contributed by atoms with Crippen LogP contribution in [-0.4, -0.2) is 48.2 Å². The minimum atomic E-state index is -0.584. The van der Waals surface area contributed by atoms with Gasteiger partial charge in [-0.05, 0) is 42.5 Å². The molecule has 1 fully saturated rings. The zero-order chi connectivity index (χ0) is 24.9. The number of nitrogens with zero attached hydrogens (tertiary/aromatic N) is 2. The minimum Gasteiger partial charge on any atom is -0.494 e. The van der Waals surface area contributed by atoms with Gasteiger partial charge >= 0.3 is 6.09 Å². The number of methoxy groups -OCH3 is 1. The largest absolute Gasteiger partial charge is 0.494 e. The summed E-state index contributed by atoms with van der Waals surface area (Å²) >= 11 is 0. The Morgan fingerprint density at radius 1 is 1.28 bits per heavy atom. The van der Waals surface area contributed by atoms with Crippen molar-refractivity contribution in [1.29, 1.82) is 0 Å². The van der Waals surface area contributed by atoms with Gasteiger partial charge in [0.25, 0.3) is 0 Å². The normalized spacial score (nSPS) is 19.0. The maximum atomic E-state index is 12.6. The molecular weight excluding hydrogens is 462 g/mol. The number of benzene rings is 1. The predicted octanol–water partition coefficient (Wildman–Crippen LogP) is 4.08. The third kappa shape index (κ3) is 5.05. The molecule has 0 bridgehead atoms. The standard InChI is InChI=1S/C27H27N3O6/c1-33-22-9-5-8-21-18(11-13-29-26(21)22)10-12-28-24(31)14-20-15-30(27(32)35-20)25-17-34-16-23(36-25)19-6-3-2-4-7-19/h2-3,5-6,8-9,11,13,16-17,20H,4,7,10,12,14-15H2,1H3,(H,28,31)/t20-/m1/s1. The van der Waals surface area contributed by atoms with Crippen LogP contribution in [0.4, 0.5) is 4.79 Å². The summed E-state index contributed by atoms with van der Waals surface area (Å²) in [6.07, 6.45) is 11.9. The second kappa shape index (κ2) is 10.6. The number of cyclic esters (lactones) is 1. The molecule has 2 amide bonds. The Morgan fingerprint density at radius 3 is 3.03 bits per heavy atom. The molecule has 3 aliphatic rings. The maximum absolute atomic E-state index is 12.6. The molecule has 0 spiro atoms. The fraction of sp³-hybridized carbons (Fsp3) is 0.296. The number of fused-ring (bicyclic) bond motifs is 1. The first-order valence-corrected chi connectivity index (χ1v) is 11.9. The Morgan fingerprint density at radius 2 is 2.19 bits per heavy atom. The van der Waals surface area contributed by atoms with Crippen molar-refractivity contribution in [2.75, 3.05) is 20.2 Å². The Hall–Kier alpha value is -4.27. The number of aromatic nitrogens is 1. The van der Waals surface area contributed by atoms with E-state index in [9.17, 15) is 9.59 Å². The van der Waals surface area contributed by atoms with Crippen LogP contribution in [-0.2, 0) is 25.4 Å². The van der Waals surface area contributed by atoms with Gasteiger partial charge in [-0.2, -0.15) is 0 Å². The summed E-state index contributed by atoms with van der Waals surface area (Å²) < 4.78 is 22.1. The lowest BCUT2D eigenvalue weighted by molar-refractivity contribution is -0.122. The SMILES string of the molecule is COc1cccc2c(CCNC(=O)C[C@@H]3CN(C4=COC=C(C5=CC=CCC5)O4)C(=O)O3)ccnc12. The van der Waals surface area contributed by atoms with Crippen LogP contribution in [0.5, 0.6) is 5.75 Å². The topological polar surface area (TPSA) is 99.2 Å².